The molecule has 0 saturated heterocycles. The molecule has 0 bridgehead atoms. The molecule has 9 heteroatoms. The molecule has 0 atom stereocenters. The van der Waals surface area contributed by atoms with Crippen LogP contribution in [0.4, 0.5) is 11.4 Å². The molecule has 0 aliphatic carbocycles. The third-order valence-corrected chi connectivity index (χ3v) is 6.72. The Bertz CT molecular complexity index is 1210. The largest absolute Gasteiger partial charge is 0.326 e. The highest BCUT2D eigenvalue weighted by Gasteiger charge is 2.17. The third kappa shape index (κ3) is 5.04. The summed E-state index contributed by atoms with van der Waals surface area (Å²) in [5.41, 5.74) is 2.99. The molecule has 1 heterocycles. The maximum atomic E-state index is 12.3. The Kier molecular flexibility index (Phi) is 6.09. The van der Waals surface area contributed by atoms with Crippen LogP contribution in [0, 0.1) is 6.92 Å². The fourth-order valence-electron chi connectivity index (χ4n) is 3.09. The van der Waals surface area contributed by atoms with Crippen LogP contribution in [0.3, 0.4) is 0 Å². The Labute approximate surface area is 173 Å². The molecule has 0 aliphatic rings. The van der Waals surface area contributed by atoms with Crippen molar-refractivity contribution in [3.8, 4) is 0 Å². The minimum absolute atomic E-state index is 0.0551. The predicted octanol–water partition coefficient (Wildman–Crippen LogP) is 3.09. The summed E-state index contributed by atoms with van der Waals surface area (Å²) in [6.07, 6.45) is 1.73. The number of carbonyl (C=O) groups is 1. The van der Waals surface area contributed by atoms with Gasteiger partial charge in [-0.25, -0.2) is 8.42 Å². The molecule has 154 valence electrons. The maximum absolute atomic E-state index is 12.3. The van der Waals surface area contributed by atoms with Crippen molar-refractivity contribution in [2.75, 3.05) is 22.4 Å². The zero-order chi connectivity index (χ0) is 21.2. The number of benzene rings is 2. The van der Waals surface area contributed by atoms with Crippen molar-refractivity contribution in [3.05, 3.63) is 57.7 Å². The third-order valence-electron chi connectivity index (χ3n) is 4.53. The van der Waals surface area contributed by atoms with E-state index in [0.29, 0.717) is 17.8 Å². The van der Waals surface area contributed by atoms with E-state index in [2.05, 4.69) is 5.32 Å². The number of fused-ring (bicyclic) bond motifs is 1. The van der Waals surface area contributed by atoms with Gasteiger partial charge in [-0.2, -0.15) is 0 Å². The van der Waals surface area contributed by atoms with Crippen LogP contribution in [0.15, 0.2) is 47.3 Å². The minimum atomic E-state index is -3.45. The lowest BCUT2D eigenvalue weighted by Crippen LogP contribution is -2.31. The molecule has 1 amide bonds. The summed E-state index contributed by atoms with van der Waals surface area (Å²) in [6, 6.07) is 12.6. The molecule has 7 nitrogen and oxygen atoms in total. The number of nitrogens with one attached hydrogen (secondary N) is 1. The number of hydrogen-bond acceptors (Lipinski definition) is 5. The Hall–Kier alpha value is -2.65. The molecule has 3 rings (SSSR count). The van der Waals surface area contributed by atoms with Crippen LogP contribution in [0.25, 0.3) is 10.2 Å². The van der Waals surface area contributed by atoms with Gasteiger partial charge in [-0.15, -0.1) is 0 Å². The average molecular weight is 434 g/mol. The van der Waals surface area contributed by atoms with Gasteiger partial charge in [-0.1, -0.05) is 23.5 Å². The summed E-state index contributed by atoms with van der Waals surface area (Å²) in [5, 5.41) is 2.81. The number of aryl methyl sites for hydroxylation is 2. The molecule has 0 saturated carbocycles. The van der Waals surface area contributed by atoms with E-state index in [-0.39, 0.29) is 23.7 Å². The predicted molar refractivity (Wildman–Crippen MR) is 118 cm³/mol. The van der Waals surface area contributed by atoms with Crippen molar-refractivity contribution < 1.29 is 13.2 Å². The van der Waals surface area contributed by atoms with Crippen LogP contribution >= 0.6 is 11.3 Å². The molecular formula is C20H23N3O4S2. The van der Waals surface area contributed by atoms with E-state index in [4.69, 9.17) is 0 Å². The molecule has 0 unspecified atom stereocenters. The molecule has 0 spiro atoms. The summed E-state index contributed by atoms with van der Waals surface area (Å²) < 4.78 is 28.0. The number of rotatable bonds is 7. The smallest absolute Gasteiger partial charge is 0.307 e. The van der Waals surface area contributed by atoms with Gasteiger partial charge < -0.3 is 9.88 Å². The first kappa shape index (κ1) is 21.1. The summed E-state index contributed by atoms with van der Waals surface area (Å²) in [7, 11) is -1.74. The van der Waals surface area contributed by atoms with E-state index in [1.54, 1.807) is 35.9 Å². The summed E-state index contributed by atoms with van der Waals surface area (Å²) in [4.78, 5) is 24.0. The van der Waals surface area contributed by atoms with E-state index < -0.39 is 10.0 Å². The number of anilines is 2. The van der Waals surface area contributed by atoms with Crippen molar-refractivity contribution in [2.45, 2.75) is 19.8 Å². The van der Waals surface area contributed by atoms with Gasteiger partial charge in [0.2, 0.25) is 15.9 Å². The fraction of sp³-hybridized carbons (Fsp3) is 0.300. The van der Waals surface area contributed by atoms with Crippen molar-refractivity contribution in [3.63, 3.8) is 0 Å². The molecular weight excluding hydrogens is 410 g/mol. The van der Waals surface area contributed by atoms with Crippen LogP contribution in [0.2, 0.25) is 0 Å². The topological polar surface area (TPSA) is 88.5 Å². The quantitative estimate of drug-likeness (QED) is 0.620. The second kappa shape index (κ2) is 8.38. The maximum Gasteiger partial charge on any atom is 0.307 e. The monoisotopic (exact) mass is 433 g/mol. The number of sulfonamides is 1. The number of amides is 1. The lowest BCUT2D eigenvalue weighted by Gasteiger charge is -2.22. The van der Waals surface area contributed by atoms with Crippen molar-refractivity contribution in [2.24, 2.45) is 7.05 Å². The first-order valence-electron chi connectivity index (χ1n) is 9.09. The van der Waals surface area contributed by atoms with Crippen LogP contribution in [-0.2, 0) is 21.9 Å². The Morgan fingerprint density at radius 1 is 1.21 bits per heavy atom. The molecule has 2 aromatic carbocycles. The molecule has 1 N–H and O–H groups in total. The van der Waals surface area contributed by atoms with Gasteiger partial charge in [-0.3, -0.25) is 13.9 Å². The van der Waals surface area contributed by atoms with Crippen LogP contribution in [0.5, 0.6) is 0 Å². The number of aromatic nitrogens is 1. The first-order chi connectivity index (χ1) is 13.6. The molecule has 0 aliphatic heterocycles. The lowest BCUT2D eigenvalue weighted by molar-refractivity contribution is -0.116. The zero-order valence-electron chi connectivity index (χ0n) is 16.5. The van der Waals surface area contributed by atoms with E-state index in [9.17, 15) is 18.0 Å². The zero-order valence-corrected chi connectivity index (χ0v) is 18.1. The highest BCUT2D eigenvalue weighted by molar-refractivity contribution is 7.92. The highest BCUT2D eigenvalue weighted by atomic mass is 32.2. The summed E-state index contributed by atoms with van der Waals surface area (Å²) in [6.45, 7) is 2.12. The van der Waals surface area contributed by atoms with E-state index >= 15 is 0 Å². The molecule has 0 fully saturated rings. The van der Waals surface area contributed by atoms with Crippen molar-refractivity contribution in [1.29, 1.82) is 0 Å². The fourth-order valence-corrected chi connectivity index (χ4v) is 4.96. The van der Waals surface area contributed by atoms with Gasteiger partial charge in [-0.05, 0) is 49.2 Å². The van der Waals surface area contributed by atoms with E-state index in [0.717, 1.165) is 33.4 Å². The van der Waals surface area contributed by atoms with Gasteiger partial charge in [0.25, 0.3) is 0 Å². The average Bonchev–Trinajstić information content (AvgIpc) is 2.91. The van der Waals surface area contributed by atoms with Gasteiger partial charge in [0, 0.05) is 25.7 Å². The number of nitrogens with zero attached hydrogens (tertiary/aromatic N) is 2. The Morgan fingerprint density at radius 3 is 2.66 bits per heavy atom. The van der Waals surface area contributed by atoms with Crippen LogP contribution in [0.1, 0.15) is 18.4 Å². The number of thiazole rings is 1. The molecule has 1 aromatic heterocycles. The second-order valence-electron chi connectivity index (χ2n) is 6.94. The van der Waals surface area contributed by atoms with Gasteiger partial charge in [0.05, 0.1) is 22.2 Å². The Morgan fingerprint density at radius 2 is 1.97 bits per heavy atom. The molecule has 3 aromatic rings. The molecule has 0 radical (unpaired) electrons. The van der Waals surface area contributed by atoms with Crippen LogP contribution < -0.4 is 14.5 Å². The number of carbonyl (C=O) groups excluding carboxylic acids is 1. The molecule has 29 heavy (non-hydrogen) atoms. The van der Waals surface area contributed by atoms with Gasteiger partial charge >= 0.3 is 4.87 Å². The van der Waals surface area contributed by atoms with Gasteiger partial charge in [0.1, 0.15) is 0 Å². The number of hydrogen-bond donors (Lipinski definition) is 1. The van der Waals surface area contributed by atoms with Crippen LogP contribution in [-0.4, -0.2) is 31.7 Å². The summed E-state index contributed by atoms with van der Waals surface area (Å²) >= 11 is 1.13. The van der Waals surface area contributed by atoms with E-state index in [1.165, 1.54) is 4.31 Å². The normalized spacial score (nSPS) is 11.6. The Balaban J connectivity index is 1.63. The second-order valence-corrected chi connectivity index (χ2v) is 9.84. The lowest BCUT2D eigenvalue weighted by atomic mass is 10.2. The van der Waals surface area contributed by atoms with Gasteiger partial charge in [0.15, 0.2) is 0 Å². The highest BCUT2D eigenvalue weighted by Crippen LogP contribution is 2.22. The minimum Gasteiger partial charge on any atom is -0.326 e. The van der Waals surface area contributed by atoms with E-state index in [1.807, 2.05) is 25.1 Å². The standard InChI is InChI=1S/C20H23N3O4S2/c1-14-6-4-7-16(12-14)23(29(3,26)27)11-5-8-19(24)21-15-9-10-17-18(13-15)28-20(25)22(17)2/h4,6-7,9-10,12-13H,5,8,11H2,1-3H3,(H,21,24). The van der Waals surface area contributed by atoms with Crippen molar-refractivity contribution >= 4 is 48.9 Å². The summed E-state index contributed by atoms with van der Waals surface area (Å²) in [5.74, 6) is -0.203. The SMILES string of the molecule is Cc1cccc(N(CCCC(=O)Nc2ccc3c(c2)sc(=O)n3C)S(C)(=O)=O)c1. The first-order valence-corrected chi connectivity index (χ1v) is 11.8. The van der Waals surface area contributed by atoms with Crippen molar-refractivity contribution in [1.82, 2.24) is 4.57 Å².